The predicted molar refractivity (Wildman–Crippen MR) is 93.9 cm³/mol. The fraction of sp³-hybridized carbons (Fsp3) is 0.421. The molecule has 0 aliphatic carbocycles. The van der Waals surface area contributed by atoms with Gasteiger partial charge in [0.15, 0.2) is 0 Å². The van der Waals surface area contributed by atoms with E-state index in [0.29, 0.717) is 24.9 Å². The van der Waals surface area contributed by atoms with Gasteiger partial charge < -0.3 is 14.6 Å². The van der Waals surface area contributed by atoms with Crippen molar-refractivity contribution >= 4 is 11.7 Å². The van der Waals surface area contributed by atoms with Crippen LogP contribution in [0, 0.1) is 5.82 Å². The lowest BCUT2D eigenvalue weighted by atomic mass is 10.1. The first-order chi connectivity index (χ1) is 12.2. The van der Waals surface area contributed by atoms with E-state index >= 15 is 0 Å². The number of nitrogens with one attached hydrogen (secondary N) is 1. The Morgan fingerprint density at radius 2 is 2.04 bits per heavy atom. The summed E-state index contributed by atoms with van der Waals surface area (Å²) in [5, 5.41) is 2.72. The van der Waals surface area contributed by atoms with Gasteiger partial charge in [0.05, 0.1) is 12.0 Å². The predicted octanol–water partition coefficient (Wildman–Crippen LogP) is 3.79. The Morgan fingerprint density at radius 1 is 1.20 bits per heavy atom. The van der Waals surface area contributed by atoms with E-state index in [1.54, 1.807) is 35.4 Å². The molecule has 0 radical (unpaired) electrons. The van der Waals surface area contributed by atoms with Gasteiger partial charge in [0.2, 0.25) is 0 Å². The van der Waals surface area contributed by atoms with Crippen LogP contribution in [0.5, 0.6) is 0 Å². The average molecular weight is 343 g/mol. The van der Waals surface area contributed by atoms with E-state index in [1.165, 1.54) is 18.9 Å². The smallest absolute Gasteiger partial charge is 0.321 e. The topological polar surface area (TPSA) is 48.7 Å². The number of furan rings is 1. The normalized spacial score (nSPS) is 21.0. The molecule has 5 nitrogen and oxygen atoms in total. The first-order valence-electron chi connectivity index (χ1n) is 8.84. The molecule has 0 spiro atoms. The molecule has 1 N–H and O–H groups in total. The number of benzene rings is 1. The van der Waals surface area contributed by atoms with E-state index in [-0.39, 0.29) is 11.7 Å². The molecule has 4 rings (SSSR count). The number of carbonyl (C=O) groups excluding carboxylic acids is 1. The summed E-state index contributed by atoms with van der Waals surface area (Å²) in [5.41, 5.74) is 0.918. The maximum atomic E-state index is 14.1. The SMILES string of the molecule is O=C(Nc1cc(-c2ccco2)ccc1F)N1CC[C@H](N2CCCC2)C1. The van der Waals surface area contributed by atoms with Crippen LogP contribution in [0.4, 0.5) is 14.9 Å². The quantitative estimate of drug-likeness (QED) is 0.922. The lowest BCUT2D eigenvalue weighted by Gasteiger charge is -2.23. The maximum Gasteiger partial charge on any atom is 0.321 e. The van der Waals surface area contributed by atoms with E-state index in [4.69, 9.17) is 4.42 Å². The van der Waals surface area contributed by atoms with Gasteiger partial charge in [-0.3, -0.25) is 4.90 Å². The van der Waals surface area contributed by atoms with Crippen LogP contribution in [0.25, 0.3) is 11.3 Å². The molecular weight excluding hydrogens is 321 g/mol. The number of likely N-dealkylation sites (tertiary alicyclic amines) is 2. The van der Waals surface area contributed by atoms with Gasteiger partial charge in [-0.05, 0) is 62.7 Å². The van der Waals surface area contributed by atoms with E-state index in [2.05, 4.69) is 10.2 Å². The summed E-state index contributed by atoms with van der Waals surface area (Å²) in [4.78, 5) is 16.8. The number of hydrogen-bond acceptors (Lipinski definition) is 3. The molecule has 132 valence electrons. The monoisotopic (exact) mass is 343 g/mol. The molecule has 1 aromatic heterocycles. The third kappa shape index (κ3) is 3.39. The molecule has 2 aliphatic rings. The Balaban J connectivity index is 1.43. The molecule has 3 heterocycles. The fourth-order valence-electron chi connectivity index (χ4n) is 3.74. The van der Waals surface area contributed by atoms with Crippen LogP contribution in [0.3, 0.4) is 0 Å². The highest BCUT2D eigenvalue weighted by atomic mass is 19.1. The second-order valence-corrected chi connectivity index (χ2v) is 6.73. The molecule has 1 atom stereocenters. The van der Waals surface area contributed by atoms with Crippen molar-refractivity contribution in [2.75, 3.05) is 31.5 Å². The summed E-state index contributed by atoms with van der Waals surface area (Å²) in [5.74, 6) is 0.199. The van der Waals surface area contributed by atoms with Gasteiger partial charge >= 0.3 is 6.03 Å². The Labute approximate surface area is 146 Å². The Morgan fingerprint density at radius 3 is 2.80 bits per heavy atom. The summed E-state index contributed by atoms with van der Waals surface area (Å²) in [6.07, 6.45) is 5.04. The number of anilines is 1. The number of carbonyl (C=O) groups is 1. The zero-order valence-electron chi connectivity index (χ0n) is 14.1. The van der Waals surface area contributed by atoms with E-state index < -0.39 is 5.82 Å². The van der Waals surface area contributed by atoms with Gasteiger partial charge in [-0.2, -0.15) is 0 Å². The van der Waals surface area contributed by atoms with Crippen molar-refractivity contribution in [1.29, 1.82) is 0 Å². The summed E-state index contributed by atoms with van der Waals surface area (Å²) in [6, 6.07) is 8.39. The molecule has 0 bridgehead atoms. The van der Waals surface area contributed by atoms with E-state index in [1.807, 2.05) is 0 Å². The minimum absolute atomic E-state index is 0.184. The molecular formula is C19H22FN3O2. The summed E-state index contributed by atoms with van der Waals surface area (Å²) in [6.45, 7) is 3.68. The summed E-state index contributed by atoms with van der Waals surface area (Å²) >= 11 is 0. The number of nitrogens with zero attached hydrogens (tertiary/aromatic N) is 2. The highest BCUT2D eigenvalue weighted by Crippen LogP contribution is 2.26. The Hall–Kier alpha value is -2.34. The van der Waals surface area contributed by atoms with Crippen LogP contribution >= 0.6 is 0 Å². The van der Waals surface area contributed by atoms with Crippen molar-refractivity contribution in [3.8, 4) is 11.3 Å². The molecule has 1 aromatic carbocycles. The average Bonchev–Trinajstić information content (AvgIpc) is 3.37. The van der Waals surface area contributed by atoms with Crippen molar-refractivity contribution < 1.29 is 13.6 Å². The number of halogens is 1. The van der Waals surface area contributed by atoms with Gasteiger partial charge in [-0.15, -0.1) is 0 Å². The molecule has 2 fully saturated rings. The fourth-order valence-corrected chi connectivity index (χ4v) is 3.74. The van der Waals surface area contributed by atoms with E-state index in [0.717, 1.165) is 25.1 Å². The van der Waals surface area contributed by atoms with Crippen molar-refractivity contribution in [2.45, 2.75) is 25.3 Å². The zero-order chi connectivity index (χ0) is 17.2. The molecule has 0 saturated carbocycles. The molecule has 0 unspecified atom stereocenters. The van der Waals surface area contributed by atoms with Crippen LogP contribution in [0.15, 0.2) is 41.0 Å². The van der Waals surface area contributed by atoms with Gasteiger partial charge in [-0.1, -0.05) is 0 Å². The van der Waals surface area contributed by atoms with Crippen LogP contribution < -0.4 is 5.32 Å². The molecule has 2 aromatic rings. The van der Waals surface area contributed by atoms with Crippen molar-refractivity contribution in [3.63, 3.8) is 0 Å². The lowest BCUT2D eigenvalue weighted by molar-refractivity contribution is 0.210. The third-order valence-electron chi connectivity index (χ3n) is 5.12. The first kappa shape index (κ1) is 16.1. The second-order valence-electron chi connectivity index (χ2n) is 6.73. The van der Waals surface area contributed by atoms with Gasteiger partial charge in [0.1, 0.15) is 11.6 Å². The summed E-state index contributed by atoms with van der Waals surface area (Å²) < 4.78 is 19.4. The summed E-state index contributed by atoms with van der Waals surface area (Å²) in [7, 11) is 0. The maximum absolute atomic E-state index is 14.1. The molecule has 2 amide bonds. The largest absolute Gasteiger partial charge is 0.464 e. The molecule has 2 saturated heterocycles. The van der Waals surface area contributed by atoms with Crippen LogP contribution in [-0.4, -0.2) is 48.1 Å². The van der Waals surface area contributed by atoms with Crippen LogP contribution in [0.2, 0.25) is 0 Å². The Kier molecular flexibility index (Phi) is 4.44. The van der Waals surface area contributed by atoms with Gasteiger partial charge in [0, 0.05) is 24.7 Å². The van der Waals surface area contributed by atoms with Gasteiger partial charge in [0.25, 0.3) is 0 Å². The number of urea groups is 1. The minimum Gasteiger partial charge on any atom is -0.464 e. The van der Waals surface area contributed by atoms with Crippen LogP contribution in [0.1, 0.15) is 19.3 Å². The third-order valence-corrected chi connectivity index (χ3v) is 5.12. The van der Waals surface area contributed by atoms with E-state index in [9.17, 15) is 9.18 Å². The molecule has 2 aliphatic heterocycles. The minimum atomic E-state index is -0.445. The first-order valence-corrected chi connectivity index (χ1v) is 8.84. The van der Waals surface area contributed by atoms with Crippen molar-refractivity contribution in [3.05, 3.63) is 42.4 Å². The number of rotatable bonds is 3. The number of hydrogen-bond donors (Lipinski definition) is 1. The van der Waals surface area contributed by atoms with Crippen molar-refractivity contribution in [1.82, 2.24) is 9.80 Å². The van der Waals surface area contributed by atoms with Crippen LogP contribution in [-0.2, 0) is 0 Å². The Bertz CT molecular complexity index is 741. The standard InChI is InChI=1S/C19H22FN3O2/c20-16-6-5-14(18-4-3-11-25-18)12-17(16)21-19(24)23-10-7-15(13-23)22-8-1-2-9-22/h3-6,11-12,15H,1-2,7-10,13H2,(H,21,24)/t15-/m0/s1. The van der Waals surface area contributed by atoms with Crippen molar-refractivity contribution in [2.24, 2.45) is 0 Å². The molecule has 6 heteroatoms. The second kappa shape index (κ2) is 6.88. The number of amides is 2. The lowest BCUT2D eigenvalue weighted by Crippen LogP contribution is -2.38. The zero-order valence-corrected chi connectivity index (χ0v) is 14.1. The molecule has 25 heavy (non-hydrogen) atoms. The highest BCUT2D eigenvalue weighted by molar-refractivity contribution is 5.90. The highest BCUT2D eigenvalue weighted by Gasteiger charge is 2.31. The van der Waals surface area contributed by atoms with Gasteiger partial charge in [-0.25, -0.2) is 9.18 Å².